The lowest BCUT2D eigenvalue weighted by molar-refractivity contribution is 0.477. The molecule has 7 heteroatoms. The van der Waals surface area contributed by atoms with E-state index in [0.717, 1.165) is 38.6 Å². The Balaban J connectivity index is 1.57. The van der Waals surface area contributed by atoms with Crippen molar-refractivity contribution in [3.8, 4) is 33.8 Å². The Morgan fingerprint density at radius 3 is 2.06 bits per heavy atom. The molecule has 0 bridgehead atoms. The molecule has 0 saturated carbocycles. The summed E-state index contributed by atoms with van der Waals surface area (Å²) in [5.74, 6) is 0.930. The predicted octanol–water partition coefficient (Wildman–Crippen LogP) is 5.99. The molecule has 0 amide bonds. The molecule has 0 radical (unpaired) electrons. The molecule has 0 fully saturated rings. The average molecular weight is 480 g/mol. The molecule has 0 spiro atoms. The molecule has 0 saturated heterocycles. The van der Waals surface area contributed by atoms with E-state index in [0.29, 0.717) is 0 Å². The number of aromatic hydroxyl groups is 1. The lowest BCUT2D eigenvalue weighted by Crippen LogP contribution is -2.18. The van der Waals surface area contributed by atoms with Crippen LogP contribution in [0.1, 0.15) is 0 Å². The molecule has 4 aromatic carbocycles. The van der Waals surface area contributed by atoms with Crippen LogP contribution in [0.25, 0.3) is 22.3 Å². The highest BCUT2D eigenvalue weighted by Gasteiger charge is 2.34. The molecule has 4 aromatic rings. The maximum absolute atomic E-state index is 10.4. The van der Waals surface area contributed by atoms with E-state index in [9.17, 15) is 5.11 Å². The van der Waals surface area contributed by atoms with Gasteiger partial charge in [-0.2, -0.15) is 0 Å². The van der Waals surface area contributed by atoms with Gasteiger partial charge in [-0.3, -0.25) is 4.31 Å². The van der Waals surface area contributed by atoms with Crippen molar-refractivity contribution in [1.29, 1.82) is 0 Å². The number of para-hydroxylation sites is 2. The van der Waals surface area contributed by atoms with Gasteiger partial charge in [0, 0.05) is 16.4 Å². The van der Waals surface area contributed by atoms with Crippen LogP contribution in [0.3, 0.4) is 0 Å². The SMILES string of the molecule is Oc1ccccc1-c1ccccc1[PH](=S)OP1(=S)Oc2ccccc2-c2ccccc21. The molecule has 0 aliphatic carbocycles. The van der Waals surface area contributed by atoms with Gasteiger partial charge in [-0.25, -0.2) is 0 Å². The van der Waals surface area contributed by atoms with E-state index < -0.39 is 13.4 Å². The lowest BCUT2D eigenvalue weighted by Gasteiger charge is -2.31. The first-order chi connectivity index (χ1) is 15.1. The minimum Gasteiger partial charge on any atom is -0.507 e. The summed E-state index contributed by atoms with van der Waals surface area (Å²) in [5, 5.41) is 12.1. The molecule has 154 valence electrons. The van der Waals surface area contributed by atoms with Crippen molar-refractivity contribution in [2.45, 2.75) is 0 Å². The summed E-state index contributed by atoms with van der Waals surface area (Å²) >= 11 is 11.9. The predicted molar refractivity (Wildman–Crippen MR) is 136 cm³/mol. The maximum Gasteiger partial charge on any atom is 0.273 e. The van der Waals surface area contributed by atoms with Gasteiger partial charge >= 0.3 is 0 Å². The second-order valence-electron chi connectivity index (χ2n) is 7.04. The van der Waals surface area contributed by atoms with Crippen LogP contribution in [-0.2, 0) is 27.9 Å². The van der Waals surface area contributed by atoms with E-state index in [-0.39, 0.29) is 5.75 Å². The number of hydrogen-bond acceptors (Lipinski definition) is 5. The van der Waals surface area contributed by atoms with Gasteiger partial charge in [0.15, 0.2) is 0 Å². The van der Waals surface area contributed by atoms with Crippen molar-refractivity contribution >= 4 is 47.6 Å². The zero-order valence-electron chi connectivity index (χ0n) is 16.3. The minimum absolute atomic E-state index is 0.204. The van der Waals surface area contributed by atoms with Gasteiger partial charge in [-0.1, -0.05) is 90.7 Å². The molecule has 1 heterocycles. The third-order valence-corrected chi connectivity index (χ3v) is 11.9. The molecule has 0 aromatic heterocycles. The zero-order chi connectivity index (χ0) is 21.4. The standard InChI is InChI=1S/C24H18O3P2S2/c25-21-13-5-1-9-17(21)19-11-3-7-15-23(19)28(30)27-29(31)24-16-8-4-12-20(24)18-10-2-6-14-22(18)26-29/h1-16,25,28H. The van der Waals surface area contributed by atoms with Crippen LogP contribution in [0.2, 0.25) is 0 Å². The van der Waals surface area contributed by atoms with Crippen molar-refractivity contribution in [2.24, 2.45) is 0 Å². The number of hydrogen-bond donors (Lipinski definition) is 1. The second kappa shape index (κ2) is 8.35. The van der Waals surface area contributed by atoms with E-state index in [4.69, 9.17) is 32.4 Å². The smallest absolute Gasteiger partial charge is 0.273 e. The van der Waals surface area contributed by atoms with Crippen molar-refractivity contribution in [2.75, 3.05) is 0 Å². The molecule has 2 unspecified atom stereocenters. The van der Waals surface area contributed by atoms with E-state index in [1.54, 1.807) is 12.1 Å². The van der Waals surface area contributed by atoms with Gasteiger partial charge in [-0.05, 0) is 41.1 Å². The summed E-state index contributed by atoms with van der Waals surface area (Å²) < 4.78 is 12.8. The summed E-state index contributed by atoms with van der Waals surface area (Å²) in [6, 6.07) is 30.8. The van der Waals surface area contributed by atoms with Gasteiger partial charge in [0.25, 0.3) is 6.49 Å². The van der Waals surface area contributed by atoms with Crippen LogP contribution >= 0.6 is 13.4 Å². The largest absolute Gasteiger partial charge is 0.507 e. The first-order valence-corrected chi connectivity index (χ1v) is 14.8. The first kappa shape index (κ1) is 20.6. The van der Waals surface area contributed by atoms with Crippen molar-refractivity contribution < 1.29 is 13.9 Å². The molecular formula is C24H18O3P2S2. The van der Waals surface area contributed by atoms with Crippen LogP contribution in [0.5, 0.6) is 11.5 Å². The normalized spacial score (nSPS) is 17.8. The summed E-state index contributed by atoms with van der Waals surface area (Å²) in [6.45, 7) is -4.84. The van der Waals surface area contributed by atoms with E-state index in [1.807, 2.05) is 84.9 Å². The molecule has 1 aliphatic rings. The highest BCUT2D eigenvalue weighted by molar-refractivity contribution is 8.18. The van der Waals surface area contributed by atoms with Gasteiger partial charge < -0.3 is 9.63 Å². The van der Waals surface area contributed by atoms with Crippen LogP contribution in [0.15, 0.2) is 97.1 Å². The fraction of sp³-hybridized carbons (Fsp3) is 0. The van der Waals surface area contributed by atoms with E-state index in [1.165, 1.54) is 0 Å². The summed E-state index contributed by atoms with van der Waals surface area (Å²) in [5.41, 5.74) is 3.62. The fourth-order valence-electron chi connectivity index (χ4n) is 3.71. The number of benzene rings is 4. The number of rotatable bonds is 4. The Morgan fingerprint density at radius 1 is 0.710 bits per heavy atom. The Labute approximate surface area is 192 Å². The van der Waals surface area contributed by atoms with Crippen LogP contribution < -0.4 is 15.1 Å². The molecule has 3 nitrogen and oxygen atoms in total. The number of phenolic OH excluding ortho intramolecular Hbond substituents is 1. The van der Waals surface area contributed by atoms with E-state index in [2.05, 4.69) is 0 Å². The third-order valence-electron chi connectivity index (χ3n) is 5.14. The van der Waals surface area contributed by atoms with Crippen LogP contribution in [0, 0.1) is 0 Å². The molecule has 2 atom stereocenters. The highest BCUT2D eigenvalue weighted by atomic mass is 32.5. The number of phenols is 1. The highest BCUT2D eigenvalue weighted by Crippen LogP contribution is 2.60. The Bertz CT molecular complexity index is 1370. The zero-order valence-corrected chi connectivity index (χ0v) is 19.8. The van der Waals surface area contributed by atoms with Gasteiger partial charge in [0.2, 0.25) is 0 Å². The summed E-state index contributed by atoms with van der Waals surface area (Å²) in [4.78, 5) is 0. The molecular weight excluding hydrogens is 462 g/mol. The third kappa shape index (κ3) is 3.78. The van der Waals surface area contributed by atoms with E-state index >= 15 is 0 Å². The average Bonchev–Trinajstić information content (AvgIpc) is 2.79. The Kier molecular flexibility index (Phi) is 5.56. The number of fused-ring (bicyclic) bond motifs is 3. The first-order valence-electron chi connectivity index (χ1n) is 9.67. The Hall–Kier alpha value is -2.26. The van der Waals surface area contributed by atoms with Crippen LogP contribution in [0.4, 0.5) is 0 Å². The molecule has 1 N–H and O–H groups in total. The fourth-order valence-corrected chi connectivity index (χ4v) is 10.8. The maximum atomic E-state index is 10.4. The molecule has 31 heavy (non-hydrogen) atoms. The van der Waals surface area contributed by atoms with Crippen molar-refractivity contribution in [1.82, 2.24) is 0 Å². The lowest BCUT2D eigenvalue weighted by atomic mass is 10.0. The Morgan fingerprint density at radius 2 is 1.29 bits per heavy atom. The molecule has 1 aliphatic heterocycles. The minimum atomic E-state index is -2.87. The van der Waals surface area contributed by atoms with Crippen LogP contribution in [-0.4, -0.2) is 5.11 Å². The second-order valence-corrected chi connectivity index (χ2v) is 13.1. The molecule has 5 rings (SSSR count). The quantitative estimate of drug-likeness (QED) is 0.364. The van der Waals surface area contributed by atoms with Crippen molar-refractivity contribution in [3.63, 3.8) is 0 Å². The summed E-state index contributed by atoms with van der Waals surface area (Å²) in [7, 11) is 0. The van der Waals surface area contributed by atoms with Gasteiger partial charge in [-0.15, -0.1) is 0 Å². The summed E-state index contributed by atoms with van der Waals surface area (Å²) in [6.07, 6.45) is 0. The van der Waals surface area contributed by atoms with Gasteiger partial charge in [0.05, 0.1) is 12.2 Å². The van der Waals surface area contributed by atoms with Gasteiger partial charge in [0.1, 0.15) is 11.5 Å². The monoisotopic (exact) mass is 480 g/mol. The van der Waals surface area contributed by atoms with Crippen molar-refractivity contribution in [3.05, 3.63) is 97.1 Å². The topological polar surface area (TPSA) is 38.7 Å².